The van der Waals surface area contributed by atoms with Crippen molar-refractivity contribution in [2.24, 2.45) is 5.84 Å². The molecular formula is C14H22N2O2. The number of nitrogens with two attached hydrogens (primary N) is 1. The summed E-state index contributed by atoms with van der Waals surface area (Å²) in [6.45, 7) is 6.59. The fourth-order valence-electron chi connectivity index (χ4n) is 1.54. The Labute approximate surface area is 108 Å². The van der Waals surface area contributed by atoms with E-state index in [1.807, 2.05) is 31.2 Å². The largest absolute Gasteiger partial charge is 0.374 e. The molecule has 0 heterocycles. The standard InChI is InChI=1S/C14H22N2O2/c1-4-10(2)18-9-12-5-7-13(8-6-12)11(3)14(17)16-15/h5-8,10-11H,4,9,15H2,1-3H3,(H,16,17). The Bertz CT molecular complexity index is 376. The average molecular weight is 250 g/mol. The van der Waals surface area contributed by atoms with E-state index in [4.69, 9.17) is 10.6 Å². The van der Waals surface area contributed by atoms with Crippen molar-refractivity contribution in [3.05, 3.63) is 35.4 Å². The molecule has 3 N–H and O–H groups in total. The first-order valence-electron chi connectivity index (χ1n) is 6.29. The maximum atomic E-state index is 11.4. The summed E-state index contributed by atoms with van der Waals surface area (Å²) in [5.74, 6) is 4.70. The molecule has 1 aromatic carbocycles. The van der Waals surface area contributed by atoms with Crippen LogP contribution in [-0.4, -0.2) is 12.0 Å². The lowest BCUT2D eigenvalue weighted by molar-refractivity contribution is -0.122. The van der Waals surface area contributed by atoms with E-state index in [0.29, 0.717) is 6.61 Å². The summed E-state index contributed by atoms with van der Waals surface area (Å²) in [6.07, 6.45) is 1.28. The molecule has 0 aliphatic carbocycles. The molecule has 1 aromatic rings. The monoisotopic (exact) mass is 250 g/mol. The molecule has 0 aliphatic rings. The first-order valence-corrected chi connectivity index (χ1v) is 6.29. The number of amides is 1. The van der Waals surface area contributed by atoms with Crippen LogP contribution in [0.1, 0.15) is 44.2 Å². The number of nitrogens with one attached hydrogen (secondary N) is 1. The minimum Gasteiger partial charge on any atom is -0.374 e. The Morgan fingerprint density at radius 2 is 1.94 bits per heavy atom. The van der Waals surface area contributed by atoms with Crippen molar-refractivity contribution < 1.29 is 9.53 Å². The van der Waals surface area contributed by atoms with Gasteiger partial charge in [-0.15, -0.1) is 0 Å². The van der Waals surface area contributed by atoms with Gasteiger partial charge in [0.1, 0.15) is 0 Å². The summed E-state index contributed by atoms with van der Waals surface area (Å²) < 4.78 is 5.65. The van der Waals surface area contributed by atoms with Crippen LogP contribution < -0.4 is 11.3 Å². The van der Waals surface area contributed by atoms with E-state index in [1.165, 1.54) is 0 Å². The SMILES string of the molecule is CCC(C)OCc1ccc(C(C)C(=O)NN)cc1. The van der Waals surface area contributed by atoms with Crippen molar-refractivity contribution in [1.82, 2.24) is 5.43 Å². The molecular weight excluding hydrogens is 228 g/mol. The van der Waals surface area contributed by atoms with Crippen molar-refractivity contribution in [3.63, 3.8) is 0 Å². The Morgan fingerprint density at radius 3 is 2.44 bits per heavy atom. The van der Waals surface area contributed by atoms with Gasteiger partial charge >= 0.3 is 0 Å². The summed E-state index contributed by atoms with van der Waals surface area (Å²) in [4.78, 5) is 11.4. The predicted octanol–water partition coefficient (Wildman–Crippen LogP) is 2.10. The van der Waals surface area contributed by atoms with Gasteiger partial charge in [0, 0.05) is 0 Å². The number of hydrogen-bond acceptors (Lipinski definition) is 3. The molecule has 0 saturated carbocycles. The van der Waals surface area contributed by atoms with Crippen molar-refractivity contribution >= 4 is 5.91 Å². The average Bonchev–Trinajstić information content (AvgIpc) is 2.43. The molecule has 1 rings (SSSR count). The van der Waals surface area contributed by atoms with Crippen LogP contribution in [0.25, 0.3) is 0 Å². The lowest BCUT2D eigenvalue weighted by Gasteiger charge is -2.12. The Hall–Kier alpha value is -1.39. The quantitative estimate of drug-likeness (QED) is 0.461. The molecule has 0 aromatic heterocycles. The van der Waals surface area contributed by atoms with E-state index in [-0.39, 0.29) is 17.9 Å². The van der Waals surface area contributed by atoms with Gasteiger partial charge in [0.05, 0.1) is 18.6 Å². The summed E-state index contributed by atoms with van der Waals surface area (Å²) in [7, 11) is 0. The molecule has 0 spiro atoms. The molecule has 0 saturated heterocycles. The van der Waals surface area contributed by atoms with E-state index in [9.17, 15) is 4.79 Å². The van der Waals surface area contributed by atoms with E-state index in [2.05, 4.69) is 19.3 Å². The van der Waals surface area contributed by atoms with E-state index in [1.54, 1.807) is 0 Å². The number of hydrazine groups is 1. The lowest BCUT2D eigenvalue weighted by atomic mass is 9.99. The highest BCUT2D eigenvalue weighted by atomic mass is 16.5. The first kappa shape index (κ1) is 14.7. The Morgan fingerprint density at radius 1 is 1.33 bits per heavy atom. The van der Waals surface area contributed by atoms with Crippen LogP contribution in [0, 0.1) is 0 Å². The van der Waals surface area contributed by atoms with Gasteiger partial charge < -0.3 is 4.74 Å². The second kappa shape index (κ2) is 7.13. The zero-order valence-electron chi connectivity index (χ0n) is 11.3. The molecule has 0 bridgehead atoms. The second-order valence-corrected chi connectivity index (χ2v) is 4.50. The van der Waals surface area contributed by atoms with Gasteiger partial charge in [-0.3, -0.25) is 10.2 Å². The molecule has 0 fully saturated rings. The summed E-state index contributed by atoms with van der Waals surface area (Å²) in [6, 6.07) is 7.85. The zero-order valence-corrected chi connectivity index (χ0v) is 11.3. The van der Waals surface area contributed by atoms with Crippen LogP contribution in [0.4, 0.5) is 0 Å². The van der Waals surface area contributed by atoms with Gasteiger partial charge in [-0.1, -0.05) is 31.2 Å². The minimum absolute atomic E-state index is 0.182. The van der Waals surface area contributed by atoms with E-state index >= 15 is 0 Å². The molecule has 2 unspecified atom stereocenters. The number of carbonyl (C=O) groups is 1. The van der Waals surface area contributed by atoms with Gasteiger partial charge in [-0.05, 0) is 31.4 Å². The summed E-state index contributed by atoms with van der Waals surface area (Å²) in [5.41, 5.74) is 4.22. The highest BCUT2D eigenvalue weighted by Crippen LogP contribution is 2.16. The van der Waals surface area contributed by atoms with Crippen molar-refractivity contribution in [2.45, 2.75) is 45.8 Å². The maximum Gasteiger partial charge on any atom is 0.241 e. The highest BCUT2D eigenvalue weighted by molar-refractivity contribution is 5.82. The summed E-state index contributed by atoms with van der Waals surface area (Å²) in [5, 5.41) is 0. The van der Waals surface area contributed by atoms with Gasteiger partial charge in [0.25, 0.3) is 0 Å². The normalized spacial score (nSPS) is 14.0. The third kappa shape index (κ3) is 4.13. The van der Waals surface area contributed by atoms with Crippen molar-refractivity contribution in [1.29, 1.82) is 0 Å². The van der Waals surface area contributed by atoms with E-state index < -0.39 is 0 Å². The third-order valence-electron chi connectivity index (χ3n) is 3.12. The van der Waals surface area contributed by atoms with Crippen LogP contribution >= 0.6 is 0 Å². The minimum atomic E-state index is -0.237. The smallest absolute Gasteiger partial charge is 0.241 e. The maximum absolute atomic E-state index is 11.4. The number of hydrogen-bond donors (Lipinski definition) is 2. The number of benzene rings is 1. The second-order valence-electron chi connectivity index (χ2n) is 4.50. The number of ether oxygens (including phenoxy) is 1. The number of rotatable bonds is 6. The highest BCUT2D eigenvalue weighted by Gasteiger charge is 2.13. The molecule has 0 aliphatic heterocycles. The van der Waals surface area contributed by atoms with Gasteiger partial charge in [0.15, 0.2) is 0 Å². The van der Waals surface area contributed by atoms with Crippen molar-refractivity contribution in [3.8, 4) is 0 Å². The van der Waals surface area contributed by atoms with Crippen LogP contribution in [0.3, 0.4) is 0 Å². The first-order chi connectivity index (χ1) is 8.58. The Kier molecular flexibility index (Phi) is 5.82. The van der Waals surface area contributed by atoms with Crippen LogP contribution in [-0.2, 0) is 16.1 Å². The fraction of sp³-hybridized carbons (Fsp3) is 0.500. The molecule has 1 amide bonds. The van der Waals surface area contributed by atoms with Gasteiger partial charge in [-0.2, -0.15) is 0 Å². The van der Waals surface area contributed by atoms with Gasteiger partial charge in [0.2, 0.25) is 5.91 Å². The van der Waals surface area contributed by atoms with Crippen LogP contribution in [0.2, 0.25) is 0 Å². The lowest BCUT2D eigenvalue weighted by Crippen LogP contribution is -2.33. The topological polar surface area (TPSA) is 64.3 Å². The zero-order chi connectivity index (χ0) is 13.5. The van der Waals surface area contributed by atoms with Crippen LogP contribution in [0.5, 0.6) is 0 Å². The molecule has 4 nitrogen and oxygen atoms in total. The Balaban J connectivity index is 2.60. The number of carbonyl (C=O) groups excluding carboxylic acids is 1. The molecule has 4 heteroatoms. The van der Waals surface area contributed by atoms with Crippen molar-refractivity contribution in [2.75, 3.05) is 0 Å². The van der Waals surface area contributed by atoms with E-state index in [0.717, 1.165) is 17.5 Å². The third-order valence-corrected chi connectivity index (χ3v) is 3.12. The van der Waals surface area contributed by atoms with Gasteiger partial charge in [-0.25, -0.2) is 5.84 Å². The predicted molar refractivity (Wildman–Crippen MR) is 71.7 cm³/mol. The molecule has 2 atom stereocenters. The molecule has 100 valence electrons. The summed E-state index contributed by atoms with van der Waals surface area (Å²) >= 11 is 0. The molecule has 0 radical (unpaired) electrons. The molecule has 18 heavy (non-hydrogen) atoms. The fourth-order valence-corrected chi connectivity index (χ4v) is 1.54. The van der Waals surface area contributed by atoms with Crippen LogP contribution in [0.15, 0.2) is 24.3 Å².